The van der Waals surface area contributed by atoms with Crippen molar-refractivity contribution in [3.8, 4) is 0 Å². The topological polar surface area (TPSA) is 108 Å². The molecule has 0 aliphatic carbocycles. The maximum absolute atomic E-state index is 12.9. The second kappa shape index (κ2) is 53.3. The smallest absolute Gasteiger partial charge is 0.268 e. The van der Waals surface area contributed by atoms with Crippen LogP contribution in [0.3, 0.4) is 0 Å². The fourth-order valence-corrected chi connectivity index (χ4v) is 8.96. The number of allylic oxidation sites excluding steroid dienone is 16. The first kappa shape index (κ1) is 69.4. The van der Waals surface area contributed by atoms with Crippen molar-refractivity contribution in [1.29, 1.82) is 0 Å². The number of phosphoric ester groups is 1. The quantitative estimate of drug-likeness (QED) is 0.0272. The van der Waals surface area contributed by atoms with Crippen molar-refractivity contribution in [1.82, 2.24) is 5.32 Å². The van der Waals surface area contributed by atoms with Crippen LogP contribution in [-0.2, 0) is 18.4 Å². The molecular formula is C63H113N2O6P. The summed E-state index contributed by atoms with van der Waals surface area (Å²) in [5, 5.41) is 13.9. The van der Waals surface area contributed by atoms with Crippen LogP contribution >= 0.6 is 7.82 Å². The normalized spacial score (nSPS) is 14.6. The molecule has 0 saturated heterocycles. The third-order valence-electron chi connectivity index (χ3n) is 12.8. The largest absolute Gasteiger partial charge is 0.756 e. The second-order valence-electron chi connectivity index (χ2n) is 21.0. The SMILES string of the molecule is CC/C=C\C/C=C\C/C=C\C/C=C\C/C=C\C/C=C\C/C=C\C/C=C\CCCCCCCCCCCCCCCCC(=O)NC(COP(=O)([O-])OCC[N+](C)(C)C)C(O)CCCCCCCCCCCCC. The Hall–Kier alpha value is -2.58. The van der Waals surface area contributed by atoms with Gasteiger partial charge in [0.2, 0.25) is 5.91 Å². The summed E-state index contributed by atoms with van der Waals surface area (Å²) in [4.78, 5) is 25.4. The molecule has 0 saturated carbocycles. The van der Waals surface area contributed by atoms with Gasteiger partial charge in [0, 0.05) is 6.42 Å². The highest BCUT2D eigenvalue weighted by molar-refractivity contribution is 7.45. The summed E-state index contributed by atoms with van der Waals surface area (Å²) in [5.41, 5.74) is 0. The van der Waals surface area contributed by atoms with Gasteiger partial charge in [-0.25, -0.2) is 0 Å². The van der Waals surface area contributed by atoms with E-state index in [0.717, 1.165) is 89.9 Å². The lowest BCUT2D eigenvalue weighted by atomic mass is 10.0. The van der Waals surface area contributed by atoms with E-state index in [2.05, 4.69) is 116 Å². The second-order valence-corrected chi connectivity index (χ2v) is 22.4. The summed E-state index contributed by atoms with van der Waals surface area (Å²) in [6, 6.07) is -0.804. The molecule has 0 aliphatic heterocycles. The number of carbonyl (C=O) groups excluding carboxylic acids is 1. The summed E-state index contributed by atoms with van der Waals surface area (Å²) in [7, 11) is 1.30. The van der Waals surface area contributed by atoms with Crippen LogP contribution in [0.5, 0.6) is 0 Å². The molecule has 1 amide bonds. The van der Waals surface area contributed by atoms with Crippen molar-refractivity contribution in [3.05, 3.63) is 97.2 Å². The number of rotatable bonds is 53. The van der Waals surface area contributed by atoms with Crippen LogP contribution in [0.25, 0.3) is 0 Å². The molecule has 8 nitrogen and oxygen atoms in total. The average Bonchev–Trinajstić information content (AvgIpc) is 3.34. The van der Waals surface area contributed by atoms with Gasteiger partial charge in [0.25, 0.3) is 7.82 Å². The lowest BCUT2D eigenvalue weighted by Crippen LogP contribution is -2.46. The average molecular weight is 1030 g/mol. The van der Waals surface area contributed by atoms with E-state index in [1.165, 1.54) is 128 Å². The minimum Gasteiger partial charge on any atom is -0.756 e. The fourth-order valence-electron chi connectivity index (χ4n) is 8.23. The molecule has 0 aromatic heterocycles. The first-order chi connectivity index (χ1) is 35.0. The minimum absolute atomic E-state index is 0.00932. The van der Waals surface area contributed by atoms with Crippen molar-refractivity contribution in [3.63, 3.8) is 0 Å². The Bertz CT molecular complexity index is 1490. The van der Waals surface area contributed by atoms with E-state index in [0.29, 0.717) is 23.9 Å². The molecule has 0 aromatic rings. The van der Waals surface area contributed by atoms with Gasteiger partial charge in [-0.1, -0.05) is 259 Å². The summed E-state index contributed by atoms with van der Waals surface area (Å²) >= 11 is 0. The van der Waals surface area contributed by atoms with Crippen LogP contribution in [0.2, 0.25) is 0 Å². The van der Waals surface area contributed by atoms with E-state index in [1.54, 1.807) is 0 Å². The van der Waals surface area contributed by atoms with Crippen molar-refractivity contribution < 1.29 is 32.9 Å². The van der Waals surface area contributed by atoms with Crippen LogP contribution in [0.4, 0.5) is 0 Å². The van der Waals surface area contributed by atoms with Crippen LogP contribution < -0.4 is 10.2 Å². The maximum Gasteiger partial charge on any atom is 0.268 e. The van der Waals surface area contributed by atoms with E-state index in [-0.39, 0.29) is 19.1 Å². The first-order valence-electron chi connectivity index (χ1n) is 29.6. The summed E-state index contributed by atoms with van der Waals surface area (Å²) in [5.74, 6) is -0.169. The Morgan fingerprint density at radius 1 is 0.500 bits per heavy atom. The van der Waals surface area contributed by atoms with Crippen LogP contribution in [0.1, 0.15) is 245 Å². The van der Waals surface area contributed by atoms with Crippen LogP contribution in [0.15, 0.2) is 97.2 Å². The molecule has 72 heavy (non-hydrogen) atoms. The Morgan fingerprint density at radius 2 is 0.847 bits per heavy atom. The van der Waals surface area contributed by atoms with Gasteiger partial charge >= 0.3 is 0 Å². The lowest BCUT2D eigenvalue weighted by Gasteiger charge is -2.30. The summed E-state index contributed by atoms with van der Waals surface area (Å²) in [6.07, 6.45) is 76.0. The number of hydrogen-bond donors (Lipinski definition) is 2. The van der Waals surface area contributed by atoms with Gasteiger partial charge in [-0.3, -0.25) is 9.36 Å². The fraction of sp³-hybridized carbons (Fsp3) is 0.730. The number of quaternary nitrogens is 1. The maximum atomic E-state index is 12.9. The van der Waals surface area contributed by atoms with Crippen molar-refractivity contribution in [2.45, 2.75) is 257 Å². The minimum atomic E-state index is -4.57. The number of amides is 1. The van der Waals surface area contributed by atoms with Crippen LogP contribution in [-0.4, -0.2) is 68.5 Å². The van der Waals surface area contributed by atoms with Gasteiger partial charge in [0.15, 0.2) is 0 Å². The highest BCUT2D eigenvalue weighted by Gasteiger charge is 2.24. The first-order valence-corrected chi connectivity index (χ1v) is 31.0. The molecule has 0 spiro atoms. The molecule has 0 rings (SSSR count). The molecule has 0 aliphatic rings. The van der Waals surface area contributed by atoms with Gasteiger partial charge < -0.3 is 28.8 Å². The zero-order chi connectivity index (χ0) is 52.7. The molecule has 0 heterocycles. The lowest BCUT2D eigenvalue weighted by molar-refractivity contribution is -0.870. The third-order valence-corrected chi connectivity index (χ3v) is 13.8. The third kappa shape index (κ3) is 55.2. The molecule has 2 N–H and O–H groups in total. The van der Waals surface area contributed by atoms with Crippen molar-refractivity contribution >= 4 is 13.7 Å². The molecule has 0 bridgehead atoms. The van der Waals surface area contributed by atoms with Gasteiger partial charge in [0.1, 0.15) is 13.2 Å². The number of aliphatic hydroxyl groups excluding tert-OH is 1. The Balaban J connectivity index is 3.97. The molecular weight excluding hydrogens is 912 g/mol. The Kier molecular flexibility index (Phi) is 51.3. The molecule has 416 valence electrons. The highest BCUT2D eigenvalue weighted by atomic mass is 31.2. The number of aliphatic hydroxyl groups is 1. The van der Waals surface area contributed by atoms with E-state index in [1.807, 2.05) is 21.1 Å². The van der Waals surface area contributed by atoms with Crippen molar-refractivity contribution in [2.24, 2.45) is 0 Å². The number of likely N-dealkylation sites (N-methyl/N-ethyl adjacent to an activating group) is 1. The number of hydrogen-bond acceptors (Lipinski definition) is 6. The summed E-state index contributed by atoms with van der Waals surface area (Å²) < 4.78 is 23.3. The molecule has 0 aromatic carbocycles. The molecule has 0 radical (unpaired) electrons. The zero-order valence-corrected chi connectivity index (χ0v) is 48.2. The standard InChI is InChI=1S/C63H113N2O6P/c1-6-8-10-12-14-16-18-19-20-21-22-23-24-25-26-27-28-29-30-31-32-33-34-35-36-37-38-39-40-41-42-43-44-45-47-49-51-53-55-57-63(67)64-61(60-71-72(68,69)70-59-58-65(3,4)5)62(66)56-54-52-50-48-46-17-15-13-11-9-7-2/h8,10,14,16,19-20,22-23,25-26,28-29,31-32,34-35,61-62,66H,6-7,9,11-13,15,17-18,21,24,27,30,33,36-60H2,1-5H3,(H-,64,67,68,69)/b10-8-,16-14-,20-19-,23-22-,26-25-,29-28-,32-31-,35-34-. The number of unbranched alkanes of at least 4 members (excludes halogenated alkanes) is 24. The van der Waals surface area contributed by atoms with Gasteiger partial charge in [-0.2, -0.15) is 0 Å². The monoisotopic (exact) mass is 1020 g/mol. The molecule has 3 unspecified atom stereocenters. The molecule has 9 heteroatoms. The Labute approximate surface area is 445 Å². The van der Waals surface area contributed by atoms with E-state index < -0.39 is 20.0 Å². The van der Waals surface area contributed by atoms with E-state index >= 15 is 0 Å². The number of nitrogens with one attached hydrogen (secondary N) is 1. The highest BCUT2D eigenvalue weighted by Crippen LogP contribution is 2.38. The predicted molar refractivity (Wildman–Crippen MR) is 311 cm³/mol. The zero-order valence-electron chi connectivity index (χ0n) is 47.4. The predicted octanol–water partition coefficient (Wildman–Crippen LogP) is 17.6. The van der Waals surface area contributed by atoms with Crippen molar-refractivity contribution in [2.75, 3.05) is 40.9 Å². The molecule has 3 atom stereocenters. The van der Waals surface area contributed by atoms with Crippen LogP contribution in [0, 0.1) is 0 Å². The van der Waals surface area contributed by atoms with E-state index in [9.17, 15) is 19.4 Å². The number of carbonyl (C=O) groups is 1. The van der Waals surface area contributed by atoms with Gasteiger partial charge in [-0.15, -0.1) is 0 Å². The summed E-state index contributed by atoms with van der Waals surface area (Å²) in [6.45, 7) is 4.59. The number of nitrogens with zero attached hydrogens (tertiary/aromatic N) is 1. The molecule has 0 fully saturated rings. The van der Waals surface area contributed by atoms with Gasteiger partial charge in [-0.05, 0) is 77.0 Å². The Morgan fingerprint density at radius 3 is 1.24 bits per heavy atom. The number of phosphoric acid groups is 1. The van der Waals surface area contributed by atoms with Gasteiger partial charge in [0.05, 0.1) is 39.9 Å². The van der Waals surface area contributed by atoms with E-state index in [4.69, 9.17) is 9.05 Å².